The van der Waals surface area contributed by atoms with Gasteiger partial charge >= 0.3 is 0 Å². The third-order valence-electron chi connectivity index (χ3n) is 10.0. The molecule has 20 heteroatoms. The first-order chi connectivity index (χ1) is 28.1. The summed E-state index contributed by atoms with van der Waals surface area (Å²) < 4.78 is 28.8. The quantitative estimate of drug-likeness (QED) is 0.0836. The van der Waals surface area contributed by atoms with Crippen molar-refractivity contribution in [1.82, 2.24) is 49.7 Å². The summed E-state index contributed by atoms with van der Waals surface area (Å²) in [5.74, 6) is -0.0579. The first-order valence-electron chi connectivity index (χ1n) is 18.9. The third-order valence-corrected chi connectivity index (χ3v) is 10.4. The lowest BCUT2D eigenvalue weighted by molar-refractivity contribution is 0.0516. The number of halogens is 4. The first-order valence-corrected chi connectivity index (χ1v) is 19.7. The molecule has 0 saturated carbocycles. The fourth-order valence-electron chi connectivity index (χ4n) is 7.30. The number of pyridine rings is 2. The summed E-state index contributed by atoms with van der Waals surface area (Å²) in [5, 5.41) is 46.3. The van der Waals surface area contributed by atoms with Gasteiger partial charge in [-0.3, -0.25) is 9.80 Å². The fourth-order valence-corrected chi connectivity index (χ4v) is 7.61. The summed E-state index contributed by atoms with van der Waals surface area (Å²) in [6.07, 6.45) is 10.8. The molecule has 2 unspecified atom stereocenters. The van der Waals surface area contributed by atoms with E-state index in [4.69, 9.17) is 33.4 Å². The van der Waals surface area contributed by atoms with Crippen LogP contribution in [-0.2, 0) is 0 Å². The zero-order chi connectivity index (χ0) is 40.8. The van der Waals surface area contributed by atoms with Crippen LogP contribution in [0.25, 0.3) is 44.8 Å². The molecular weight excluding hydrogens is 809 g/mol. The number of H-pyrrole nitrogens is 2. The molecule has 0 aromatic carbocycles. The molecule has 316 valence electrons. The maximum atomic E-state index is 14.4. The Kier molecular flexibility index (Phi) is 14.9. The van der Waals surface area contributed by atoms with Crippen molar-refractivity contribution in [2.45, 2.75) is 57.4 Å². The van der Waals surface area contributed by atoms with Crippen molar-refractivity contribution in [3.63, 3.8) is 0 Å². The second-order valence-corrected chi connectivity index (χ2v) is 15.3. The molecule has 0 radical (unpaired) electrons. The van der Waals surface area contributed by atoms with Crippen molar-refractivity contribution in [2.24, 2.45) is 0 Å². The number of nitrogens with one attached hydrogen (secondary N) is 4. The molecule has 0 bridgehead atoms. The van der Waals surface area contributed by atoms with Crippen LogP contribution < -0.4 is 10.6 Å². The minimum atomic E-state index is -0.779. The molecular formula is C39H48Cl2F2N12O4. The van der Waals surface area contributed by atoms with Crippen LogP contribution in [0.1, 0.15) is 33.1 Å². The number of nitrogens with zero attached hydrogens (tertiary/aromatic N) is 8. The number of anilines is 2. The molecule has 2 aliphatic rings. The molecule has 2 aliphatic heterocycles. The number of fused-ring (bicyclic) bond motifs is 2. The number of aromatic amines is 2. The fraction of sp³-hybridized carbons (Fsp3) is 0.436. The predicted molar refractivity (Wildman–Crippen MR) is 223 cm³/mol. The van der Waals surface area contributed by atoms with E-state index < -0.39 is 23.8 Å². The molecule has 2 fully saturated rings. The number of β-amino-alcohol motifs (C(OH)–C–C–N with tert-alkyl or cyclic N) is 2. The monoisotopic (exact) mass is 856 g/mol. The minimum absolute atomic E-state index is 0. The Hall–Kier alpha value is -4.66. The molecule has 6 aromatic heterocycles. The van der Waals surface area contributed by atoms with Crippen LogP contribution >= 0.6 is 23.2 Å². The van der Waals surface area contributed by atoms with E-state index in [1.54, 1.807) is 36.9 Å². The van der Waals surface area contributed by atoms with Gasteiger partial charge in [0.1, 0.15) is 11.3 Å². The Morgan fingerprint density at radius 1 is 0.695 bits per heavy atom. The van der Waals surface area contributed by atoms with Gasteiger partial charge in [0, 0.05) is 84.9 Å². The maximum Gasteiger partial charge on any atom is 0.183 e. The van der Waals surface area contributed by atoms with Gasteiger partial charge in [-0.1, -0.05) is 30.6 Å². The summed E-state index contributed by atoms with van der Waals surface area (Å²) in [6.45, 7) is 3.13. The molecule has 0 spiro atoms. The van der Waals surface area contributed by atoms with E-state index in [2.05, 4.69) is 60.3 Å². The molecule has 8 heterocycles. The highest BCUT2D eigenvalue weighted by molar-refractivity contribution is 6.31. The lowest BCUT2D eigenvalue weighted by Crippen LogP contribution is -2.45. The highest BCUT2D eigenvalue weighted by atomic mass is 35.5. The second-order valence-electron chi connectivity index (χ2n) is 14.4. The third kappa shape index (κ3) is 10.9. The van der Waals surface area contributed by atoms with E-state index in [1.807, 2.05) is 0 Å². The van der Waals surface area contributed by atoms with E-state index in [1.165, 1.54) is 0 Å². The van der Waals surface area contributed by atoms with E-state index in [0.717, 1.165) is 61.9 Å². The Morgan fingerprint density at radius 2 is 1.12 bits per heavy atom. The van der Waals surface area contributed by atoms with Crippen molar-refractivity contribution < 1.29 is 29.2 Å². The Balaban J connectivity index is 0.000000195. The minimum Gasteiger partial charge on any atom is -0.394 e. The lowest BCUT2D eigenvalue weighted by atomic mass is 10.1. The number of piperidine rings is 2. The average molecular weight is 858 g/mol. The summed E-state index contributed by atoms with van der Waals surface area (Å²) in [6, 6.07) is 3.49. The van der Waals surface area contributed by atoms with Gasteiger partial charge in [-0.2, -0.15) is 0 Å². The Morgan fingerprint density at radius 3 is 1.53 bits per heavy atom. The summed E-state index contributed by atoms with van der Waals surface area (Å²) in [4.78, 5) is 35.7. The van der Waals surface area contributed by atoms with Gasteiger partial charge in [-0.05, 0) is 50.9 Å². The Bertz CT molecular complexity index is 2160. The number of aliphatic hydroxyl groups is 4. The van der Waals surface area contributed by atoms with Gasteiger partial charge in [-0.15, -0.1) is 0 Å². The van der Waals surface area contributed by atoms with Gasteiger partial charge in [0.2, 0.25) is 0 Å². The highest BCUT2D eigenvalue weighted by Crippen LogP contribution is 2.30. The van der Waals surface area contributed by atoms with Crippen molar-refractivity contribution in [3.8, 4) is 22.8 Å². The summed E-state index contributed by atoms with van der Waals surface area (Å²) >= 11 is 12.1. The van der Waals surface area contributed by atoms with Crippen LogP contribution in [0.2, 0.25) is 10.0 Å². The number of hydrogen-bond donors (Lipinski definition) is 8. The van der Waals surface area contributed by atoms with Gasteiger partial charge in [-0.25, -0.2) is 38.7 Å². The Labute approximate surface area is 349 Å². The summed E-state index contributed by atoms with van der Waals surface area (Å²) in [7, 11) is 0. The van der Waals surface area contributed by atoms with Gasteiger partial charge in [0.15, 0.2) is 34.9 Å². The zero-order valence-electron chi connectivity index (χ0n) is 31.3. The maximum absolute atomic E-state index is 14.4. The average Bonchev–Trinajstić information content (AvgIpc) is 3.84. The normalized spacial score (nSPS) is 18.5. The largest absolute Gasteiger partial charge is 0.394 e. The first kappa shape index (κ1) is 43.9. The van der Waals surface area contributed by atoms with Crippen LogP contribution in [0.5, 0.6) is 0 Å². The van der Waals surface area contributed by atoms with Crippen LogP contribution in [0.3, 0.4) is 0 Å². The zero-order valence-corrected chi connectivity index (χ0v) is 32.8. The lowest BCUT2D eigenvalue weighted by Gasteiger charge is -2.34. The van der Waals surface area contributed by atoms with Crippen molar-refractivity contribution in [3.05, 3.63) is 71.0 Å². The van der Waals surface area contributed by atoms with Crippen molar-refractivity contribution in [1.29, 1.82) is 0 Å². The second kappa shape index (κ2) is 20.1. The standard InChI is InChI=1S/2C19H22ClFN6O2.CH4/c2*20-11-4-14-15(6-23-17(14)22-5-11)18-24-7-16(21)19(26-18)25-12-2-1-3-27(8-12)9-13(29)10-28;/h2*4-7,12-13,28-29H,1-3,8-10H2,(H,22,23)(H,24,25,26);1H4/t2*12?,13-;/m10./s1. The number of rotatable bonds is 12. The molecule has 4 atom stereocenters. The van der Waals surface area contributed by atoms with Gasteiger partial charge in [0.25, 0.3) is 0 Å². The highest BCUT2D eigenvalue weighted by Gasteiger charge is 2.25. The molecule has 0 amide bonds. The molecule has 59 heavy (non-hydrogen) atoms. The van der Waals surface area contributed by atoms with E-state index in [9.17, 15) is 19.0 Å². The number of aliphatic hydroxyl groups excluding tert-OH is 4. The van der Waals surface area contributed by atoms with Crippen LogP contribution in [0.4, 0.5) is 20.4 Å². The molecule has 6 aromatic rings. The SMILES string of the molecule is C.OC[C@@H](O)CN1CCCC(Nc2nc(-c3c[nH]c4ncc(Cl)cc34)ncc2F)C1.OC[C@H](O)CN1CCCC(Nc2nc(-c3c[nH]c4ncc(Cl)cc34)ncc2F)C1. The predicted octanol–water partition coefficient (Wildman–Crippen LogP) is 4.72. The van der Waals surface area contributed by atoms with Crippen molar-refractivity contribution in [2.75, 3.05) is 63.1 Å². The number of hydrogen-bond acceptors (Lipinski definition) is 14. The van der Waals surface area contributed by atoms with E-state index in [-0.39, 0.29) is 44.4 Å². The number of likely N-dealkylation sites (tertiary alicyclic amines) is 2. The molecule has 2 saturated heterocycles. The molecule has 16 nitrogen and oxygen atoms in total. The van der Waals surface area contributed by atoms with Crippen molar-refractivity contribution >= 4 is 56.9 Å². The van der Waals surface area contributed by atoms with E-state index in [0.29, 0.717) is 70.3 Å². The van der Waals surface area contributed by atoms with E-state index >= 15 is 0 Å². The topological polar surface area (TPSA) is 220 Å². The van der Waals surface area contributed by atoms with Crippen LogP contribution in [0, 0.1) is 11.6 Å². The molecule has 0 aliphatic carbocycles. The van der Waals surface area contributed by atoms with Gasteiger partial charge in [0.05, 0.1) is 47.9 Å². The number of aromatic nitrogens is 8. The molecule has 8 rings (SSSR count). The molecule has 8 N–H and O–H groups in total. The van der Waals surface area contributed by atoms with Crippen LogP contribution in [0.15, 0.2) is 49.3 Å². The van der Waals surface area contributed by atoms with Gasteiger partial charge < -0.3 is 41.0 Å². The van der Waals surface area contributed by atoms with Crippen LogP contribution in [-0.4, -0.2) is 147 Å². The summed E-state index contributed by atoms with van der Waals surface area (Å²) in [5.41, 5.74) is 2.68. The smallest absolute Gasteiger partial charge is 0.183 e.